The van der Waals surface area contributed by atoms with Crippen molar-refractivity contribution in [3.63, 3.8) is 0 Å². The van der Waals surface area contributed by atoms with Crippen LogP contribution in [0.5, 0.6) is 0 Å². The molecule has 2 heterocycles. The van der Waals surface area contributed by atoms with Crippen LogP contribution in [-0.4, -0.2) is 28.4 Å². The van der Waals surface area contributed by atoms with E-state index in [4.69, 9.17) is 0 Å². The van der Waals surface area contributed by atoms with Gasteiger partial charge in [0.2, 0.25) is 0 Å². The van der Waals surface area contributed by atoms with Crippen molar-refractivity contribution in [2.24, 2.45) is 7.05 Å². The van der Waals surface area contributed by atoms with Crippen LogP contribution in [0.1, 0.15) is 11.4 Å². The van der Waals surface area contributed by atoms with E-state index in [1.165, 1.54) is 0 Å². The Hall–Kier alpha value is -2.35. The Balaban J connectivity index is 2.02. The van der Waals surface area contributed by atoms with E-state index >= 15 is 0 Å². The predicted molar refractivity (Wildman–Crippen MR) is 79.6 cm³/mol. The molecule has 0 saturated heterocycles. The van der Waals surface area contributed by atoms with Gasteiger partial charge in [-0.2, -0.15) is 10.2 Å². The molecule has 3 aromatic rings. The highest BCUT2D eigenvalue weighted by atomic mass is 32.2. The molecule has 21 heavy (non-hydrogen) atoms. The molecular formula is C13H15N5O2S. The Kier molecular flexibility index (Phi) is 2.98. The summed E-state index contributed by atoms with van der Waals surface area (Å²) < 4.78 is 29.2. The maximum atomic E-state index is 12.5. The molecule has 0 bridgehead atoms. The number of H-pyrrole nitrogens is 1. The third-order valence-corrected chi connectivity index (χ3v) is 5.04. The summed E-state index contributed by atoms with van der Waals surface area (Å²) in [5.74, 6) is 0. The van der Waals surface area contributed by atoms with Gasteiger partial charge in [-0.25, -0.2) is 8.42 Å². The summed E-state index contributed by atoms with van der Waals surface area (Å²) in [6, 6.07) is 5.21. The Bertz CT molecular complexity index is 923. The highest BCUT2D eigenvalue weighted by Crippen LogP contribution is 2.23. The quantitative estimate of drug-likeness (QED) is 0.770. The van der Waals surface area contributed by atoms with Gasteiger partial charge in [-0.05, 0) is 32.0 Å². The van der Waals surface area contributed by atoms with Crippen LogP contribution in [0.2, 0.25) is 0 Å². The van der Waals surface area contributed by atoms with Crippen molar-refractivity contribution in [1.29, 1.82) is 0 Å². The molecule has 0 aliphatic rings. The molecule has 0 aliphatic heterocycles. The average Bonchev–Trinajstić information content (AvgIpc) is 2.94. The van der Waals surface area contributed by atoms with Crippen molar-refractivity contribution in [2.45, 2.75) is 18.7 Å². The lowest BCUT2D eigenvalue weighted by Crippen LogP contribution is -2.14. The van der Waals surface area contributed by atoms with Crippen molar-refractivity contribution in [3.05, 3.63) is 35.8 Å². The number of aromatic nitrogens is 4. The van der Waals surface area contributed by atoms with Crippen LogP contribution in [0.15, 0.2) is 29.3 Å². The van der Waals surface area contributed by atoms with E-state index in [-0.39, 0.29) is 4.90 Å². The molecule has 7 nitrogen and oxygen atoms in total. The number of hydrogen-bond donors (Lipinski definition) is 2. The fraction of sp³-hybridized carbons (Fsp3) is 0.231. The van der Waals surface area contributed by atoms with E-state index in [2.05, 4.69) is 20.0 Å². The molecule has 2 N–H and O–H groups in total. The molecule has 0 amide bonds. The maximum Gasteiger partial charge on any atom is 0.265 e. The second-order valence-corrected chi connectivity index (χ2v) is 6.52. The number of fused-ring (bicyclic) bond motifs is 1. The standard InChI is InChI=1S/C13H15N5O2S/c1-8-13(9(2)18(3)16-8)21(19,20)17-11-4-5-12-10(6-11)7-14-15-12/h4-7,17H,1-3H3,(H,14,15). The van der Waals surface area contributed by atoms with Gasteiger partial charge in [-0.1, -0.05) is 0 Å². The first-order chi connectivity index (χ1) is 9.88. The number of rotatable bonds is 3. The Morgan fingerprint density at radius 3 is 2.71 bits per heavy atom. The largest absolute Gasteiger partial charge is 0.279 e. The third kappa shape index (κ3) is 2.27. The Labute approximate surface area is 122 Å². The Morgan fingerprint density at radius 1 is 1.29 bits per heavy atom. The first-order valence-corrected chi connectivity index (χ1v) is 7.83. The third-order valence-electron chi connectivity index (χ3n) is 3.40. The lowest BCUT2D eigenvalue weighted by Gasteiger charge is -2.08. The average molecular weight is 305 g/mol. The van der Waals surface area contributed by atoms with Crippen LogP contribution in [0.3, 0.4) is 0 Å². The van der Waals surface area contributed by atoms with Gasteiger partial charge in [0.1, 0.15) is 4.90 Å². The molecule has 0 atom stereocenters. The summed E-state index contributed by atoms with van der Waals surface area (Å²) in [7, 11) is -1.95. The number of sulfonamides is 1. The van der Waals surface area contributed by atoms with E-state index in [1.54, 1.807) is 50.0 Å². The van der Waals surface area contributed by atoms with E-state index < -0.39 is 10.0 Å². The minimum absolute atomic E-state index is 0.220. The van der Waals surface area contributed by atoms with Crippen molar-refractivity contribution in [2.75, 3.05) is 4.72 Å². The summed E-state index contributed by atoms with van der Waals surface area (Å²) in [4.78, 5) is 0.220. The molecule has 2 aromatic heterocycles. The van der Waals surface area contributed by atoms with Gasteiger partial charge in [-0.15, -0.1) is 0 Å². The van der Waals surface area contributed by atoms with Gasteiger partial charge >= 0.3 is 0 Å². The molecule has 0 saturated carbocycles. The van der Waals surface area contributed by atoms with Gasteiger partial charge in [0, 0.05) is 18.1 Å². The van der Waals surface area contributed by atoms with Gasteiger partial charge in [0.05, 0.1) is 23.1 Å². The van der Waals surface area contributed by atoms with Crippen LogP contribution in [0.25, 0.3) is 10.9 Å². The van der Waals surface area contributed by atoms with Crippen molar-refractivity contribution < 1.29 is 8.42 Å². The summed E-state index contributed by atoms with van der Waals surface area (Å²) in [6.07, 6.45) is 1.65. The molecule has 3 rings (SSSR count). The Morgan fingerprint density at radius 2 is 2.05 bits per heavy atom. The normalized spacial score (nSPS) is 12.0. The number of nitrogens with one attached hydrogen (secondary N) is 2. The molecule has 0 aliphatic carbocycles. The first kappa shape index (κ1) is 13.6. The summed E-state index contributed by atoms with van der Waals surface area (Å²) in [6.45, 7) is 3.41. The molecule has 0 spiro atoms. The van der Waals surface area contributed by atoms with Crippen LogP contribution >= 0.6 is 0 Å². The molecule has 1 aromatic carbocycles. The number of hydrogen-bond acceptors (Lipinski definition) is 4. The zero-order valence-corrected chi connectivity index (χ0v) is 12.7. The summed E-state index contributed by atoms with van der Waals surface area (Å²) >= 11 is 0. The van der Waals surface area contributed by atoms with Crippen molar-refractivity contribution in [3.8, 4) is 0 Å². The van der Waals surface area contributed by atoms with Gasteiger partial charge < -0.3 is 0 Å². The first-order valence-electron chi connectivity index (χ1n) is 6.34. The molecule has 0 fully saturated rings. The van der Waals surface area contributed by atoms with Gasteiger partial charge in [0.15, 0.2) is 0 Å². The van der Waals surface area contributed by atoms with E-state index in [9.17, 15) is 8.42 Å². The molecule has 110 valence electrons. The molecular weight excluding hydrogens is 290 g/mol. The summed E-state index contributed by atoms with van der Waals surface area (Å²) in [5, 5.41) is 11.7. The SMILES string of the molecule is Cc1nn(C)c(C)c1S(=O)(=O)Nc1ccc2[nH]ncc2c1. The number of benzene rings is 1. The zero-order valence-electron chi connectivity index (χ0n) is 11.9. The molecule has 8 heteroatoms. The summed E-state index contributed by atoms with van der Waals surface area (Å²) in [5.41, 5.74) is 2.43. The molecule has 0 radical (unpaired) electrons. The van der Waals surface area contributed by atoms with Crippen LogP contribution in [-0.2, 0) is 17.1 Å². The van der Waals surface area contributed by atoms with Crippen molar-refractivity contribution in [1.82, 2.24) is 20.0 Å². The second kappa shape index (κ2) is 4.59. The lowest BCUT2D eigenvalue weighted by molar-refractivity contribution is 0.599. The topological polar surface area (TPSA) is 92.7 Å². The minimum Gasteiger partial charge on any atom is -0.279 e. The molecule has 0 unspecified atom stereocenters. The number of aryl methyl sites for hydroxylation is 2. The minimum atomic E-state index is -3.67. The van der Waals surface area contributed by atoms with Gasteiger partial charge in [-0.3, -0.25) is 14.5 Å². The van der Waals surface area contributed by atoms with Crippen LogP contribution < -0.4 is 4.72 Å². The highest BCUT2D eigenvalue weighted by molar-refractivity contribution is 7.92. The van der Waals surface area contributed by atoms with Crippen LogP contribution in [0.4, 0.5) is 5.69 Å². The smallest absolute Gasteiger partial charge is 0.265 e. The lowest BCUT2D eigenvalue weighted by atomic mass is 10.2. The fourth-order valence-corrected chi connectivity index (χ4v) is 3.85. The maximum absolute atomic E-state index is 12.5. The fourth-order valence-electron chi connectivity index (χ4n) is 2.36. The highest BCUT2D eigenvalue weighted by Gasteiger charge is 2.23. The van der Waals surface area contributed by atoms with Crippen molar-refractivity contribution >= 4 is 26.6 Å². The van der Waals surface area contributed by atoms with E-state index in [0.29, 0.717) is 17.1 Å². The monoisotopic (exact) mass is 305 g/mol. The van der Waals surface area contributed by atoms with Crippen LogP contribution in [0, 0.1) is 13.8 Å². The number of anilines is 1. The van der Waals surface area contributed by atoms with Gasteiger partial charge in [0.25, 0.3) is 10.0 Å². The van der Waals surface area contributed by atoms with E-state index in [0.717, 1.165) is 10.9 Å². The number of aromatic amines is 1. The second-order valence-electron chi connectivity index (χ2n) is 4.90. The number of nitrogens with zero attached hydrogens (tertiary/aromatic N) is 3. The van der Waals surface area contributed by atoms with E-state index in [1.807, 2.05) is 0 Å². The predicted octanol–water partition coefficient (Wildman–Crippen LogP) is 1.71. The zero-order chi connectivity index (χ0) is 15.2.